The van der Waals surface area contributed by atoms with Crippen molar-refractivity contribution in [2.24, 2.45) is 5.92 Å². The van der Waals surface area contributed by atoms with Gasteiger partial charge >= 0.3 is 5.97 Å². The van der Waals surface area contributed by atoms with Crippen molar-refractivity contribution in [2.45, 2.75) is 52.6 Å². The zero-order valence-corrected chi connectivity index (χ0v) is 9.45. The molecule has 0 aromatic rings. The molecule has 0 aliphatic carbocycles. The molecule has 0 aliphatic rings. The molecule has 1 N–H and O–H groups in total. The fraction of sp³-hybridized carbons (Fsp3) is 0.909. The first-order valence-corrected chi connectivity index (χ1v) is 5.48. The van der Waals surface area contributed by atoms with Crippen LogP contribution in [0.1, 0.15) is 46.5 Å². The number of unbranched alkanes of at least 4 members (excludes halogenated alkanes) is 2. The molecule has 84 valence electrons. The van der Waals surface area contributed by atoms with Gasteiger partial charge in [-0.15, -0.1) is 0 Å². The fourth-order valence-electron chi connectivity index (χ4n) is 1.17. The van der Waals surface area contributed by atoms with Crippen LogP contribution in [0.4, 0.5) is 0 Å². The lowest BCUT2D eigenvalue weighted by Gasteiger charge is -2.15. The van der Waals surface area contributed by atoms with E-state index >= 15 is 0 Å². The maximum absolute atomic E-state index is 11.3. The van der Waals surface area contributed by atoms with Crippen molar-refractivity contribution in [3.05, 3.63) is 0 Å². The summed E-state index contributed by atoms with van der Waals surface area (Å²) in [6.07, 6.45) is 3.12. The Hall–Kier alpha value is -0.570. The van der Waals surface area contributed by atoms with Gasteiger partial charge in [-0.05, 0) is 19.8 Å². The van der Waals surface area contributed by atoms with Crippen molar-refractivity contribution in [3.8, 4) is 0 Å². The first kappa shape index (κ1) is 13.4. The Morgan fingerprint density at radius 3 is 2.50 bits per heavy atom. The van der Waals surface area contributed by atoms with Gasteiger partial charge in [0.1, 0.15) is 0 Å². The normalized spacial score (nSPS) is 14.9. The van der Waals surface area contributed by atoms with Gasteiger partial charge in [-0.3, -0.25) is 4.79 Å². The zero-order valence-electron chi connectivity index (χ0n) is 9.45. The van der Waals surface area contributed by atoms with Crippen molar-refractivity contribution in [3.63, 3.8) is 0 Å². The van der Waals surface area contributed by atoms with Crippen LogP contribution in [-0.2, 0) is 9.53 Å². The lowest BCUT2D eigenvalue weighted by Crippen LogP contribution is -2.27. The van der Waals surface area contributed by atoms with Gasteiger partial charge in [0.15, 0.2) is 0 Å². The van der Waals surface area contributed by atoms with Gasteiger partial charge < -0.3 is 9.84 Å². The maximum atomic E-state index is 11.3. The Labute approximate surface area is 86.5 Å². The second-order valence-electron chi connectivity index (χ2n) is 3.64. The van der Waals surface area contributed by atoms with Gasteiger partial charge in [-0.1, -0.05) is 26.7 Å². The molecule has 3 nitrogen and oxygen atoms in total. The first-order valence-electron chi connectivity index (χ1n) is 5.48. The predicted octanol–water partition coefficient (Wildman–Crippen LogP) is 2.13. The summed E-state index contributed by atoms with van der Waals surface area (Å²) in [7, 11) is 0. The molecule has 0 heterocycles. The van der Waals surface area contributed by atoms with Gasteiger partial charge in [-0.2, -0.15) is 0 Å². The number of carbonyl (C=O) groups excluding carboxylic acids is 1. The van der Waals surface area contributed by atoms with Crippen molar-refractivity contribution in [1.82, 2.24) is 0 Å². The molecular formula is C11H22O3. The van der Waals surface area contributed by atoms with E-state index in [0.717, 1.165) is 19.3 Å². The SMILES string of the molecule is CCCCCOC(=O)[C@H](C)[C@H](O)CC. The van der Waals surface area contributed by atoms with Gasteiger partial charge in [-0.25, -0.2) is 0 Å². The van der Waals surface area contributed by atoms with Crippen LogP contribution < -0.4 is 0 Å². The summed E-state index contributed by atoms with van der Waals surface area (Å²) < 4.78 is 5.03. The fourth-order valence-corrected chi connectivity index (χ4v) is 1.17. The van der Waals surface area contributed by atoms with Crippen molar-refractivity contribution in [1.29, 1.82) is 0 Å². The standard InChI is InChI=1S/C11H22O3/c1-4-6-7-8-14-11(13)9(3)10(12)5-2/h9-10,12H,4-8H2,1-3H3/t9-,10-/m1/s1. The number of hydrogen-bond acceptors (Lipinski definition) is 3. The van der Waals surface area contributed by atoms with Gasteiger partial charge in [0.25, 0.3) is 0 Å². The van der Waals surface area contributed by atoms with Crippen LogP contribution in [0, 0.1) is 5.92 Å². The van der Waals surface area contributed by atoms with Gasteiger partial charge in [0, 0.05) is 0 Å². The smallest absolute Gasteiger partial charge is 0.311 e. The predicted molar refractivity (Wildman–Crippen MR) is 55.9 cm³/mol. The molecule has 0 aromatic heterocycles. The summed E-state index contributed by atoms with van der Waals surface area (Å²) in [5.41, 5.74) is 0. The number of aliphatic hydroxyl groups excluding tert-OH is 1. The zero-order chi connectivity index (χ0) is 11.0. The quantitative estimate of drug-likeness (QED) is 0.508. The first-order chi connectivity index (χ1) is 6.63. The number of esters is 1. The molecule has 0 rings (SSSR count). The molecule has 0 unspecified atom stereocenters. The largest absolute Gasteiger partial charge is 0.465 e. The third kappa shape index (κ3) is 5.22. The lowest BCUT2D eigenvalue weighted by atomic mass is 10.0. The minimum Gasteiger partial charge on any atom is -0.465 e. The molecule has 0 aliphatic heterocycles. The second kappa shape index (κ2) is 7.80. The minimum absolute atomic E-state index is 0.282. The second-order valence-corrected chi connectivity index (χ2v) is 3.64. The van der Waals surface area contributed by atoms with Crippen LogP contribution in [0.5, 0.6) is 0 Å². The average Bonchev–Trinajstić information content (AvgIpc) is 2.21. The molecule has 0 aromatic carbocycles. The Balaban J connectivity index is 3.62. The molecule has 0 bridgehead atoms. The molecule has 2 atom stereocenters. The molecule has 0 spiro atoms. The van der Waals surface area contributed by atoms with Crippen molar-refractivity contribution >= 4 is 5.97 Å². The van der Waals surface area contributed by atoms with Crippen LogP contribution >= 0.6 is 0 Å². The molecule has 3 heteroatoms. The number of hydrogen-bond donors (Lipinski definition) is 1. The van der Waals surface area contributed by atoms with E-state index in [1.165, 1.54) is 0 Å². The molecular weight excluding hydrogens is 180 g/mol. The van der Waals surface area contributed by atoms with Crippen LogP contribution in [0.2, 0.25) is 0 Å². The molecule has 0 amide bonds. The molecule has 0 radical (unpaired) electrons. The van der Waals surface area contributed by atoms with E-state index in [1.54, 1.807) is 6.92 Å². The van der Waals surface area contributed by atoms with E-state index in [9.17, 15) is 9.90 Å². The average molecular weight is 202 g/mol. The highest BCUT2D eigenvalue weighted by molar-refractivity contribution is 5.72. The van der Waals surface area contributed by atoms with Crippen LogP contribution in [0.25, 0.3) is 0 Å². The summed E-state index contributed by atoms with van der Waals surface area (Å²) in [6.45, 7) is 6.14. The highest BCUT2D eigenvalue weighted by Gasteiger charge is 2.21. The van der Waals surface area contributed by atoms with Gasteiger partial charge in [0.2, 0.25) is 0 Å². The van der Waals surface area contributed by atoms with E-state index in [1.807, 2.05) is 6.92 Å². The summed E-state index contributed by atoms with van der Waals surface area (Å²) in [6, 6.07) is 0. The Morgan fingerprint density at radius 1 is 1.36 bits per heavy atom. The number of rotatable bonds is 7. The Morgan fingerprint density at radius 2 is 2.00 bits per heavy atom. The minimum atomic E-state index is -0.575. The van der Waals surface area contributed by atoms with Crippen LogP contribution in [0.15, 0.2) is 0 Å². The summed E-state index contributed by atoms with van der Waals surface area (Å²) >= 11 is 0. The monoisotopic (exact) mass is 202 g/mol. The maximum Gasteiger partial charge on any atom is 0.311 e. The van der Waals surface area contributed by atoms with Crippen LogP contribution in [0.3, 0.4) is 0 Å². The third-order valence-electron chi connectivity index (χ3n) is 2.36. The lowest BCUT2D eigenvalue weighted by molar-refractivity contribution is -0.151. The van der Waals surface area contributed by atoms with Crippen molar-refractivity contribution in [2.75, 3.05) is 6.61 Å². The van der Waals surface area contributed by atoms with Crippen LogP contribution in [-0.4, -0.2) is 23.8 Å². The number of ether oxygens (including phenoxy) is 1. The van der Waals surface area contributed by atoms with E-state index in [4.69, 9.17) is 4.74 Å². The summed E-state index contributed by atoms with van der Waals surface area (Å²) in [4.78, 5) is 11.3. The summed E-state index contributed by atoms with van der Waals surface area (Å²) in [5.74, 6) is -0.683. The highest BCUT2D eigenvalue weighted by atomic mass is 16.5. The molecule has 0 fully saturated rings. The van der Waals surface area contributed by atoms with Crippen molar-refractivity contribution < 1.29 is 14.6 Å². The van der Waals surface area contributed by atoms with E-state index in [2.05, 4.69) is 6.92 Å². The van der Waals surface area contributed by atoms with E-state index in [0.29, 0.717) is 13.0 Å². The Bertz CT molecular complexity index is 157. The number of aliphatic hydroxyl groups is 1. The van der Waals surface area contributed by atoms with E-state index in [-0.39, 0.29) is 5.97 Å². The third-order valence-corrected chi connectivity index (χ3v) is 2.36. The Kier molecular flexibility index (Phi) is 7.48. The van der Waals surface area contributed by atoms with E-state index < -0.39 is 12.0 Å². The summed E-state index contributed by atoms with van der Waals surface area (Å²) in [5, 5.41) is 9.40. The molecule has 0 saturated heterocycles. The topological polar surface area (TPSA) is 46.5 Å². The number of carbonyl (C=O) groups is 1. The molecule has 14 heavy (non-hydrogen) atoms. The molecule has 0 saturated carbocycles. The highest BCUT2D eigenvalue weighted by Crippen LogP contribution is 2.09. The van der Waals surface area contributed by atoms with Gasteiger partial charge in [0.05, 0.1) is 18.6 Å².